The summed E-state index contributed by atoms with van der Waals surface area (Å²) >= 11 is 0. The topological polar surface area (TPSA) is 76.1 Å². The van der Waals surface area contributed by atoms with Crippen LogP contribution in [-0.2, 0) is 10.0 Å². The van der Waals surface area contributed by atoms with Crippen molar-refractivity contribution in [1.82, 2.24) is 19.3 Å². The van der Waals surface area contributed by atoms with Crippen LogP contribution < -0.4 is 0 Å². The first-order valence-electron chi connectivity index (χ1n) is 7.64. The van der Waals surface area contributed by atoms with E-state index in [9.17, 15) is 8.42 Å². The Labute approximate surface area is 136 Å². The Bertz CT molecular complexity index is 793. The highest BCUT2D eigenvalue weighted by Gasteiger charge is 2.29. The minimum Gasteiger partial charge on any atom is -0.265 e. The van der Waals surface area contributed by atoms with Crippen LogP contribution in [0.15, 0.2) is 30.7 Å². The number of aromatic nitrogens is 3. The van der Waals surface area contributed by atoms with Gasteiger partial charge in [-0.2, -0.15) is 0 Å². The van der Waals surface area contributed by atoms with Gasteiger partial charge in [0, 0.05) is 43.2 Å². The van der Waals surface area contributed by atoms with Gasteiger partial charge < -0.3 is 0 Å². The Morgan fingerprint density at radius 3 is 2.70 bits per heavy atom. The maximum absolute atomic E-state index is 11.9. The molecule has 0 unspecified atom stereocenters. The summed E-state index contributed by atoms with van der Waals surface area (Å²) in [5.74, 6) is 0.789. The van der Waals surface area contributed by atoms with Gasteiger partial charge in [-0.1, -0.05) is 0 Å². The van der Waals surface area contributed by atoms with Gasteiger partial charge in [-0.3, -0.25) is 4.98 Å². The summed E-state index contributed by atoms with van der Waals surface area (Å²) in [6.07, 6.45) is 8.35. The quantitative estimate of drug-likeness (QED) is 0.859. The molecule has 0 bridgehead atoms. The SMILES string of the molecule is Cc1ncc(-c2ccncc2)c([C@H]2CCCN(S(C)(=O)=O)C2)n1. The molecule has 3 heterocycles. The van der Waals surface area contributed by atoms with Crippen LogP contribution in [-0.4, -0.2) is 47.0 Å². The van der Waals surface area contributed by atoms with Gasteiger partial charge in [0.2, 0.25) is 10.0 Å². The third-order valence-corrected chi connectivity index (χ3v) is 5.44. The van der Waals surface area contributed by atoms with Crippen molar-refractivity contribution < 1.29 is 8.42 Å². The van der Waals surface area contributed by atoms with Crippen LogP contribution >= 0.6 is 0 Å². The lowest BCUT2D eigenvalue weighted by Gasteiger charge is -2.31. The standard InChI is InChI=1S/C16H20N4O2S/c1-12-18-10-15(13-5-7-17-8-6-13)16(19-12)14-4-3-9-20(11-14)23(2,21)22/h5-8,10,14H,3-4,9,11H2,1-2H3/t14-/m0/s1. The first kappa shape index (κ1) is 16.0. The van der Waals surface area contributed by atoms with Crippen LogP contribution in [0.25, 0.3) is 11.1 Å². The predicted octanol–water partition coefficient (Wildman–Crippen LogP) is 1.99. The summed E-state index contributed by atoms with van der Waals surface area (Å²) in [5, 5.41) is 0. The number of rotatable bonds is 3. The van der Waals surface area contributed by atoms with Crippen molar-refractivity contribution in [3.63, 3.8) is 0 Å². The average Bonchev–Trinajstić information content (AvgIpc) is 2.55. The first-order chi connectivity index (χ1) is 10.9. The zero-order chi connectivity index (χ0) is 16.4. The zero-order valence-corrected chi connectivity index (χ0v) is 14.1. The van der Waals surface area contributed by atoms with Crippen molar-refractivity contribution in [2.75, 3.05) is 19.3 Å². The van der Waals surface area contributed by atoms with E-state index < -0.39 is 10.0 Å². The smallest absolute Gasteiger partial charge is 0.211 e. The minimum absolute atomic E-state index is 0.0864. The molecule has 122 valence electrons. The molecule has 3 rings (SSSR count). The fourth-order valence-electron chi connectivity index (χ4n) is 3.02. The summed E-state index contributed by atoms with van der Waals surface area (Å²) in [6, 6.07) is 3.85. The van der Waals surface area contributed by atoms with Gasteiger partial charge in [-0.15, -0.1) is 0 Å². The molecule has 0 aromatic carbocycles. The van der Waals surface area contributed by atoms with Gasteiger partial charge >= 0.3 is 0 Å². The molecule has 6 nitrogen and oxygen atoms in total. The molecule has 1 aliphatic heterocycles. The summed E-state index contributed by atoms with van der Waals surface area (Å²) in [5.41, 5.74) is 2.89. The number of hydrogen-bond donors (Lipinski definition) is 0. The number of aryl methyl sites for hydroxylation is 1. The summed E-state index contributed by atoms with van der Waals surface area (Å²) in [4.78, 5) is 13.0. The van der Waals surface area contributed by atoms with Crippen LogP contribution in [0.1, 0.15) is 30.3 Å². The van der Waals surface area contributed by atoms with Crippen LogP contribution in [0.3, 0.4) is 0 Å². The maximum atomic E-state index is 11.9. The molecule has 1 atom stereocenters. The second-order valence-corrected chi connectivity index (χ2v) is 7.89. The van der Waals surface area contributed by atoms with E-state index in [0.717, 1.165) is 29.7 Å². The first-order valence-corrected chi connectivity index (χ1v) is 9.49. The molecule has 0 radical (unpaired) electrons. The zero-order valence-electron chi connectivity index (χ0n) is 13.3. The molecular formula is C16H20N4O2S. The van der Waals surface area contributed by atoms with E-state index in [1.807, 2.05) is 25.3 Å². The molecule has 1 aliphatic rings. The second-order valence-electron chi connectivity index (χ2n) is 5.91. The molecule has 0 amide bonds. The van der Waals surface area contributed by atoms with E-state index in [4.69, 9.17) is 0 Å². The molecular weight excluding hydrogens is 312 g/mol. The van der Waals surface area contributed by atoms with E-state index in [2.05, 4.69) is 15.0 Å². The predicted molar refractivity (Wildman–Crippen MR) is 88.4 cm³/mol. The normalized spacial score (nSPS) is 19.7. The van der Waals surface area contributed by atoms with E-state index in [1.54, 1.807) is 16.7 Å². The Morgan fingerprint density at radius 2 is 2.00 bits per heavy atom. The minimum atomic E-state index is -3.17. The fraction of sp³-hybridized carbons (Fsp3) is 0.438. The molecule has 2 aromatic heterocycles. The monoisotopic (exact) mass is 332 g/mol. The Kier molecular flexibility index (Phi) is 4.41. The van der Waals surface area contributed by atoms with Gasteiger partial charge in [-0.05, 0) is 37.5 Å². The largest absolute Gasteiger partial charge is 0.265 e. The number of nitrogens with zero attached hydrogens (tertiary/aromatic N) is 4. The third kappa shape index (κ3) is 3.56. The Morgan fingerprint density at radius 1 is 1.26 bits per heavy atom. The molecule has 1 saturated heterocycles. The van der Waals surface area contributed by atoms with Gasteiger partial charge in [-0.25, -0.2) is 22.7 Å². The molecule has 1 fully saturated rings. The van der Waals surface area contributed by atoms with E-state index in [1.165, 1.54) is 6.26 Å². The van der Waals surface area contributed by atoms with Gasteiger partial charge in [0.15, 0.2) is 0 Å². The van der Waals surface area contributed by atoms with Gasteiger partial charge in [0.1, 0.15) is 5.82 Å². The van der Waals surface area contributed by atoms with E-state index >= 15 is 0 Å². The molecule has 0 aliphatic carbocycles. The molecule has 0 saturated carbocycles. The Hall–Kier alpha value is -1.86. The highest BCUT2D eigenvalue weighted by atomic mass is 32.2. The third-order valence-electron chi connectivity index (χ3n) is 4.17. The van der Waals surface area contributed by atoms with Crippen molar-refractivity contribution in [3.05, 3.63) is 42.2 Å². The molecule has 7 heteroatoms. The van der Waals surface area contributed by atoms with E-state index in [-0.39, 0.29) is 5.92 Å². The fourth-order valence-corrected chi connectivity index (χ4v) is 3.93. The highest BCUT2D eigenvalue weighted by Crippen LogP contribution is 2.33. The molecule has 0 spiro atoms. The lowest BCUT2D eigenvalue weighted by molar-refractivity contribution is 0.314. The van der Waals surface area contributed by atoms with Crippen LogP contribution in [0.4, 0.5) is 0 Å². The lowest BCUT2D eigenvalue weighted by atomic mass is 9.91. The van der Waals surface area contributed by atoms with Crippen molar-refractivity contribution in [2.45, 2.75) is 25.7 Å². The summed E-state index contributed by atoms with van der Waals surface area (Å²) in [6.45, 7) is 2.92. The molecule has 0 N–H and O–H groups in total. The number of piperidine rings is 1. The van der Waals surface area contributed by atoms with Crippen LogP contribution in [0.5, 0.6) is 0 Å². The average molecular weight is 332 g/mol. The summed E-state index contributed by atoms with van der Waals surface area (Å²) in [7, 11) is -3.17. The van der Waals surface area contributed by atoms with Crippen molar-refractivity contribution >= 4 is 10.0 Å². The van der Waals surface area contributed by atoms with Crippen molar-refractivity contribution in [3.8, 4) is 11.1 Å². The summed E-state index contributed by atoms with van der Waals surface area (Å²) < 4.78 is 25.3. The second kappa shape index (κ2) is 6.33. The maximum Gasteiger partial charge on any atom is 0.211 e. The van der Waals surface area contributed by atoms with Crippen molar-refractivity contribution in [2.24, 2.45) is 0 Å². The van der Waals surface area contributed by atoms with Crippen LogP contribution in [0.2, 0.25) is 0 Å². The lowest BCUT2D eigenvalue weighted by Crippen LogP contribution is -2.38. The van der Waals surface area contributed by atoms with Gasteiger partial charge in [0.05, 0.1) is 11.9 Å². The number of hydrogen-bond acceptors (Lipinski definition) is 5. The van der Waals surface area contributed by atoms with Gasteiger partial charge in [0.25, 0.3) is 0 Å². The Balaban J connectivity index is 2.00. The number of pyridine rings is 1. The van der Waals surface area contributed by atoms with E-state index in [0.29, 0.717) is 18.9 Å². The molecule has 23 heavy (non-hydrogen) atoms. The number of sulfonamides is 1. The van der Waals surface area contributed by atoms with Crippen molar-refractivity contribution in [1.29, 1.82) is 0 Å². The highest BCUT2D eigenvalue weighted by molar-refractivity contribution is 7.88. The molecule has 2 aromatic rings. The van der Waals surface area contributed by atoms with Crippen LogP contribution in [0, 0.1) is 6.92 Å².